The van der Waals surface area contributed by atoms with Crippen molar-refractivity contribution in [1.29, 1.82) is 0 Å². The van der Waals surface area contributed by atoms with E-state index in [-0.39, 0.29) is 19.4 Å². The second kappa shape index (κ2) is 37.5. The number of phosphoric ester groups is 1. The molecule has 0 radical (unpaired) electrons. The van der Waals surface area contributed by atoms with Gasteiger partial charge in [0.05, 0.1) is 6.61 Å². The van der Waals surface area contributed by atoms with Crippen molar-refractivity contribution in [2.45, 2.75) is 180 Å². The van der Waals surface area contributed by atoms with Crippen LogP contribution in [0.25, 0.3) is 0 Å². The number of ether oxygens (including phenoxy) is 2. The van der Waals surface area contributed by atoms with Gasteiger partial charge in [-0.15, -0.1) is 0 Å². The molecule has 0 rings (SSSR count). The standard InChI is InChI=1S/C42H73O8P/c1-3-5-7-9-11-13-15-17-18-19-20-21-22-23-24-25-27-29-31-33-35-37-42(44)50-40(39-49-51(45,46)47)38-48-41(43)36-34-32-30-28-26-16-14-12-10-8-6-4-2/h12,14,18-19,21-22,24-25,29,31,40H,3-11,13,15-17,20,23,26-28,30,32-39H2,1-2H3,(H2,45,46,47)/b14-12+,19-18+,22-21+,25-24+,31-29+/t40-/m1/s1. The summed E-state index contributed by atoms with van der Waals surface area (Å²) in [6.45, 7) is 3.59. The first-order valence-corrected chi connectivity index (χ1v) is 21.6. The van der Waals surface area contributed by atoms with Gasteiger partial charge in [-0.1, -0.05) is 145 Å². The summed E-state index contributed by atoms with van der Waals surface area (Å²) in [6.07, 6.45) is 46.7. The Bertz CT molecular complexity index is 1010. The van der Waals surface area contributed by atoms with Crippen LogP contribution < -0.4 is 0 Å². The Hall–Kier alpha value is -2.25. The maximum Gasteiger partial charge on any atom is 0.469 e. The first kappa shape index (κ1) is 48.8. The number of rotatable bonds is 36. The van der Waals surface area contributed by atoms with Crippen LogP contribution in [0.2, 0.25) is 0 Å². The predicted molar refractivity (Wildman–Crippen MR) is 211 cm³/mol. The van der Waals surface area contributed by atoms with E-state index in [4.69, 9.17) is 19.3 Å². The number of unbranched alkanes of at least 4 members (excludes halogenated alkanes) is 16. The van der Waals surface area contributed by atoms with Crippen molar-refractivity contribution in [3.05, 3.63) is 60.8 Å². The van der Waals surface area contributed by atoms with Crippen molar-refractivity contribution in [1.82, 2.24) is 0 Å². The number of carbonyl (C=O) groups is 2. The Kier molecular flexibility index (Phi) is 35.9. The minimum absolute atomic E-state index is 0.132. The molecule has 8 nitrogen and oxygen atoms in total. The number of hydrogen-bond donors (Lipinski definition) is 2. The van der Waals surface area contributed by atoms with Gasteiger partial charge in [-0.3, -0.25) is 14.1 Å². The molecule has 0 heterocycles. The third-order valence-electron chi connectivity index (χ3n) is 8.26. The fourth-order valence-electron chi connectivity index (χ4n) is 5.24. The van der Waals surface area contributed by atoms with Crippen molar-refractivity contribution in [3.63, 3.8) is 0 Å². The molecule has 51 heavy (non-hydrogen) atoms. The van der Waals surface area contributed by atoms with Gasteiger partial charge in [0.25, 0.3) is 0 Å². The van der Waals surface area contributed by atoms with E-state index in [1.807, 2.05) is 6.08 Å². The molecule has 0 aliphatic heterocycles. The van der Waals surface area contributed by atoms with E-state index in [1.165, 1.54) is 70.6 Å². The Morgan fingerprint density at radius 3 is 1.43 bits per heavy atom. The highest BCUT2D eigenvalue weighted by molar-refractivity contribution is 7.46. The van der Waals surface area contributed by atoms with Gasteiger partial charge in [-0.25, -0.2) is 4.57 Å². The normalized spacial score (nSPS) is 13.1. The lowest BCUT2D eigenvalue weighted by Gasteiger charge is -2.18. The van der Waals surface area contributed by atoms with Gasteiger partial charge in [0.2, 0.25) is 0 Å². The smallest absolute Gasteiger partial charge is 0.462 e. The average molecular weight is 737 g/mol. The summed E-state index contributed by atoms with van der Waals surface area (Å²) in [5.74, 6) is -0.965. The average Bonchev–Trinajstić information content (AvgIpc) is 3.10. The van der Waals surface area contributed by atoms with Gasteiger partial charge < -0.3 is 19.3 Å². The lowest BCUT2D eigenvalue weighted by molar-refractivity contribution is -0.161. The lowest BCUT2D eigenvalue weighted by atomic mass is 10.1. The Labute approximate surface area is 311 Å². The van der Waals surface area contributed by atoms with Crippen LogP contribution >= 0.6 is 7.82 Å². The van der Waals surface area contributed by atoms with Crippen LogP contribution in [0.3, 0.4) is 0 Å². The van der Waals surface area contributed by atoms with Crippen LogP contribution in [-0.2, 0) is 28.2 Å². The molecule has 0 amide bonds. The highest BCUT2D eigenvalue weighted by Gasteiger charge is 2.22. The SMILES string of the molecule is CCCCC/C=C/CCCCCCCC(=O)OC[C@H](COP(=O)(O)O)OC(=O)CCC/C=C/C/C=C/C/C=C/C/C=C/CCCCCCCCC. The fourth-order valence-corrected chi connectivity index (χ4v) is 5.60. The van der Waals surface area contributed by atoms with Crippen molar-refractivity contribution in [3.8, 4) is 0 Å². The molecule has 0 aromatic carbocycles. The van der Waals surface area contributed by atoms with Crippen molar-refractivity contribution in [2.24, 2.45) is 0 Å². The number of allylic oxidation sites excluding steroid dienone is 10. The number of esters is 2. The first-order chi connectivity index (χ1) is 24.8. The molecular formula is C42H73O8P. The third-order valence-corrected chi connectivity index (χ3v) is 8.74. The lowest BCUT2D eigenvalue weighted by Crippen LogP contribution is -2.29. The van der Waals surface area contributed by atoms with E-state index >= 15 is 0 Å². The molecule has 0 aliphatic rings. The number of hydrogen-bond acceptors (Lipinski definition) is 6. The van der Waals surface area contributed by atoms with Crippen molar-refractivity contribution < 1.29 is 37.9 Å². The largest absolute Gasteiger partial charge is 0.469 e. The highest BCUT2D eigenvalue weighted by Crippen LogP contribution is 2.36. The van der Waals surface area contributed by atoms with Gasteiger partial charge >= 0.3 is 19.8 Å². The molecule has 2 N–H and O–H groups in total. The predicted octanol–water partition coefficient (Wildman–Crippen LogP) is 12.1. The molecule has 9 heteroatoms. The minimum atomic E-state index is -4.77. The molecule has 0 saturated carbocycles. The fraction of sp³-hybridized carbons (Fsp3) is 0.714. The Balaban J connectivity index is 4.06. The minimum Gasteiger partial charge on any atom is -0.462 e. The molecule has 0 spiro atoms. The summed E-state index contributed by atoms with van der Waals surface area (Å²) in [6, 6.07) is 0. The summed E-state index contributed by atoms with van der Waals surface area (Å²) < 4.78 is 26.3. The van der Waals surface area contributed by atoms with Crippen LogP contribution in [0.4, 0.5) is 0 Å². The van der Waals surface area contributed by atoms with Crippen LogP contribution in [0, 0.1) is 0 Å². The van der Waals surface area contributed by atoms with Gasteiger partial charge in [-0.05, 0) is 77.0 Å². The molecule has 0 bridgehead atoms. The molecule has 0 aromatic heterocycles. The molecule has 294 valence electrons. The Morgan fingerprint density at radius 1 is 0.510 bits per heavy atom. The molecule has 0 aliphatic carbocycles. The Morgan fingerprint density at radius 2 is 0.902 bits per heavy atom. The summed E-state index contributed by atoms with van der Waals surface area (Å²) in [7, 11) is -4.77. The second-order valence-corrected chi connectivity index (χ2v) is 14.5. The second-order valence-electron chi connectivity index (χ2n) is 13.2. The number of carbonyl (C=O) groups excluding carboxylic acids is 2. The summed E-state index contributed by atoms with van der Waals surface area (Å²) >= 11 is 0. The highest BCUT2D eigenvalue weighted by atomic mass is 31.2. The van der Waals surface area contributed by atoms with Crippen LogP contribution in [-0.4, -0.2) is 41.0 Å². The summed E-state index contributed by atoms with van der Waals surface area (Å²) in [5, 5.41) is 0. The van der Waals surface area contributed by atoms with Crippen molar-refractivity contribution in [2.75, 3.05) is 13.2 Å². The topological polar surface area (TPSA) is 119 Å². The zero-order valence-electron chi connectivity index (χ0n) is 32.2. The zero-order chi connectivity index (χ0) is 37.5. The van der Waals surface area contributed by atoms with Crippen LogP contribution in [0.5, 0.6) is 0 Å². The van der Waals surface area contributed by atoms with E-state index in [9.17, 15) is 14.2 Å². The van der Waals surface area contributed by atoms with E-state index < -0.39 is 32.5 Å². The van der Waals surface area contributed by atoms with Crippen molar-refractivity contribution >= 4 is 19.8 Å². The van der Waals surface area contributed by atoms with Gasteiger partial charge in [-0.2, -0.15) is 0 Å². The molecular weight excluding hydrogens is 663 g/mol. The van der Waals surface area contributed by atoms with Crippen LogP contribution in [0.1, 0.15) is 174 Å². The van der Waals surface area contributed by atoms with Gasteiger partial charge in [0, 0.05) is 12.8 Å². The van der Waals surface area contributed by atoms with E-state index in [2.05, 4.69) is 73.1 Å². The molecule has 0 unspecified atom stereocenters. The first-order valence-electron chi connectivity index (χ1n) is 20.1. The summed E-state index contributed by atoms with van der Waals surface area (Å²) in [5.41, 5.74) is 0. The van der Waals surface area contributed by atoms with Crippen LogP contribution in [0.15, 0.2) is 60.8 Å². The van der Waals surface area contributed by atoms with E-state index in [0.717, 1.165) is 57.8 Å². The maximum atomic E-state index is 12.4. The van der Waals surface area contributed by atoms with Gasteiger partial charge in [0.1, 0.15) is 6.61 Å². The quantitative estimate of drug-likeness (QED) is 0.0282. The number of phosphoric acid groups is 1. The van der Waals surface area contributed by atoms with E-state index in [1.54, 1.807) is 0 Å². The van der Waals surface area contributed by atoms with Gasteiger partial charge in [0.15, 0.2) is 6.10 Å². The summed E-state index contributed by atoms with van der Waals surface area (Å²) in [4.78, 5) is 42.7. The zero-order valence-corrected chi connectivity index (χ0v) is 33.1. The van der Waals surface area contributed by atoms with E-state index in [0.29, 0.717) is 19.3 Å². The maximum absolute atomic E-state index is 12.4. The third kappa shape index (κ3) is 40.4. The molecule has 0 aromatic rings. The molecule has 0 fully saturated rings. The molecule has 0 saturated heterocycles. The monoisotopic (exact) mass is 737 g/mol. The molecule has 1 atom stereocenters.